The SMILES string of the molecule is NC(=O)NC(=O)N(C1C2CC3CC(C2)CC1C3)C1C2CC3CC(C2)CC1C3. The summed E-state index contributed by atoms with van der Waals surface area (Å²) in [6.45, 7) is 0. The number of nitrogens with two attached hydrogens (primary N) is 1. The minimum atomic E-state index is -0.697. The van der Waals surface area contributed by atoms with Crippen LogP contribution in [0.15, 0.2) is 0 Å². The molecule has 8 aliphatic rings. The van der Waals surface area contributed by atoms with E-state index in [0.29, 0.717) is 35.8 Å². The zero-order valence-corrected chi connectivity index (χ0v) is 16.2. The first-order valence-corrected chi connectivity index (χ1v) is 11.4. The highest BCUT2D eigenvalue weighted by molar-refractivity contribution is 5.92. The molecule has 0 saturated heterocycles. The quantitative estimate of drug-likeness (QED) is 0.776. The van der Waals surface area contributed by atoms with Crippen molar-refractivity contribution in [2.24, 2.45) is 53.1 Å². The number of primary amides is 1. The van der Waals surface area contributed by atoms with Gasteiger partial charge in [0.2, 0.25) is 0 Å². The molecule has 0 aromatic rings. The molecule has 5 nitrogen and oxygen atoms in total. The normalized spacial score (nSPS) is 51.4. The van der Waals surface area contributed by atoms with Gasteiger partial charge in [-0.3, -0.25) is 5.32 Å². The lowest BCUT2D eigenvalue weighted by Crippen LogP contribution is -2.67. The highest BCUT2D eigenvalue weighted by atomic mass is 16.2. The molecule has 0 spiro atoms. The zero-order chi connectivity index (χ0) is 18.3. The van der Waals surface area contributed by atoms with E-state index in [2.05, 4.69) is 10.2 Å². The first-order chi connectivity index (χ1) is 13.0. The molecule has 0 aromatic heterocycles. The van der Waals surface area contributed by atoms with E-state index in [1.165, 1.54) is 64.2 Å². The lowest BCUT2D eigenvalue weighted by atomic mass is 9.51. The van der Waals surface area contributed by atoms with Gasteiger partial charge >= 0.3 is 12.1 Å². The number of nitrogens with one attached hydrogen (secondary N) is 1. The first kappa shape index (κ1) is 16.7. The van der Waals surface area contributed by atoms with E-state index in [9.17, 15) is 9.59 Å². The number of urea groups is 2. The van der Waals surface area contributed by atoms with Crippen LogP contribution in [0.3, 0.4) is 0 Å². The number of carbonyl (C=O) groups is 2. The molecule has 8 aliphatic carbocycles. The third kappa shape index (κ3) is 2.56. The average Bonchev–Trinajstić information content (AvgIpc) is 2.57. The van der Waals surface area contributed by atoms with Gasteiger partial charge in [0.1, 0.15) is 0 Å². The summed E-state index contributed by atoms with van der Waals surface area (Å²) in [5.41, 5.74) is 5.38. The summed E-state index contributed by atoms with van der Waals surface area (Å²) in [5, 5.41) is 2.49. The molecular weight excluding hydrogens is 338 g/mol. The van der Waals surface area contributed by atoms with Gasteiger partial charge in [-0.15, -0.1) is 0 Å². The molecule has 3 N–H and O–H groups in total. The summed E-state index contributed by atoms with van der Waals surface area (Å²) in [5.74, 6) is 6.17. The van der Waals surface area contributed by atoms with Gasteiger partial charge in [-0.2, -0.15) is 0 Å². The van der Waals surface area contributed by atoms with Crippen molar-refractivity contribution in [3.8, 4) is 0 Å². The fraction of sp³-hybridized carbons (Fsp3) is 0.909. The van der Waals surface area contributed by atoms with E-state index in [1.54, 1.807) is 0 Å². The Labute approximate surface area is 161 Å². The number of carbonyl (C=O) groups excluding carboxylic acids is 2. The van der Waals surface area contributed by atoms with Crippen LogP contribution in [0.5, 0.6) is 0 Å². The molecule has 0 heterocycles. The van der Waals surface area contributed by atoms with Crippen molar-refractivity contribution in [2.45, 2.75) is 76.3 Å². The highest BCUT2D eigenvalue weighted by Crippen LogP contribution is 2.59. The zero-order valence-electron chi connectivity index (χ0n) is 16.2. The molecular formula is C22H33N3O2. The van der Waals surface area contributed by atoms with Crippen molar-refractivity contribution in [1.29, 1.82) is 0 Å². The summed E-state index contributed by atoms with van der Waals surface area (Å²) in [6, 6.07) is -0.186. The third-order valence-electron chi connectivity index (χ3n) is 9.46. The summed E-state index contributed by atoms with van der Waals surface area (Å²) in [7, 11) is 0. The molecule has 5 heteroatoms. The van der Waals surface area contributed by atoms with Crippen LogP contribution in [0.2, 0.25) is 0 Å². The topological polar surface area (TPSA) is 75.4 Å². The second-order valence-electron chi connectivity index (χ2n) is 11.0. The molecule has 8 saturated carbocycles. The lowest BCUT2D eigenvalue weighted by molar-refractivity contribution is -0.113. The Morgan fingerprint density at radius 2 is 0.963 bits per heavy atom. The number of imide groups is 1. The van der Waals surface area contributed by atoms with Crippen molar-refractivity contribution in [3.05, 3.63) is 0 Å². The van der Waals surface area contributed by atoms with Gasteiger partial charge in [-0.1, -0.05) is 0 Å². The van der Waals surface area contributed by atoms with Gasteiger partial charge < -0.3 is 10.6 Å². The largest absolute Gasteiger partial charge is 0.351 e. The maximum absolute atomic E-state index is 13.3. The Morgan fingerprint density at radius 1 is 0.630 bits per heavy atom. The van der Waals surface area contributed by atoms with Gasteiger partial charge in [-0.05, 0) is 112 Å². The second-order valence-corrected chi connectivity index (χ2v) is 11.0. The second kappa shape index (κ2) is 5.87. The van der Waals surface area contributed by atoms with Crippen LogP contribution < -0.4 is 11.1 Å². The van der Waals surface area contributed by atoms with Crippen LogP contribution in [0.1, 0.15) is 64.2 Å². The van der Waals surface area contributed by atoms with E-state index in [4.69, 9.17) is 5.73 Å². The van der Waals surface area contributed by atoms with Crippen molar-refractivity contribution in [1.82, 2.24) is 10.2 Å². The molecule has 27 heavy (non-hydrogen) atoms. The summed E-state index contributed by atoms with van der Waals surface area (Å²) < 4.78 is 0. The molecule has 0 aromatic carbocycles. The van der Waals surface area contributed by atoms with Crippen molar-refractivity contribution < 1.29 is 9.59 Å². The van der Waals surface area contributed by atoms with Crippen molar-refractivity contribution in [2.75, 3.05) is 0 Å². The fourth-order valence-corrected chi connectivity index (χ4v) is 9.34. The maximum atomic E-state index is 13.3. The minimum Gasteiger partial charge on any atom is -0.351 e. The Morgan fingerprint density at radius 3 is 1.26 bits per heavy atom. The number of hydrogen-bond donors (Lipinski definition) is 2. The molecule has 0 atom stereocenters. The predicted octanol–water partition coefficient (Wildman–Crippen LogP) is 3.73. The molecule has 0 aliphatic heterocycles. The van der Waals surface area contributed by atoms with Crippen LogP contribution in [-0.4, -0.2) is 29.0 Å². The van der Waals surface area contributed by atoms with E-state index in [-0.39, 0.29) is 6.03 Å². The highest BCUT2D eigenvalue weighted by Gasteiger charge is 2.57. The third-order valence-corrected chi connectivity index (χ3v) is 9.46. The first-order valence-electron chi connectivity index (χ1n) is 11.4. The van der Waals surface area contributed by atoms with Gasteiger partial charge in [0.25, 0.3) is 0 Å². The molecule has 148 valence electrons. The summed E-state index contributed by atoms with van der Waals surface area (Å²) in [6.07, 6.45) is 13.2. The van der Waals surface area contributed by atoms with E-state index >= 15 is 0 Å². The molecule has 8 rings (SSSR count). The number of rotatable bonds is 2. The van der Waals surface area contributed by atoms with Crippen LogP contribution in [0.4, 0.5) is 9.59 Å². The van der Waals surface area contributed by atoms with Crippen LogP contribution >= 0.6 is 0 Å². The smallest absolute Gasteiger partial charge is 0.326 e. The number of amides is 4. The Hall–Kier alpha value is -1.26. The van der Waals surface area contributed by atoms with E-state index < -0.39 is 6.03 Å². The molecule has 8 bridgehead atoms. The summed E-state index contributed by atoms with van der Waals surface area (Å²) >= 11 is 0. The average molecular weight is 372 g/mol. The van der Waals surface area contributed by atoms with Crippen molar-refractivity contribution in [3.63, 3.8) is 0 Å². The fourth-order valence-electron chi connectivity index (χ4n) is 9.34. The van der Waals surface area contributed by atoms with Crippen LogP contribution in [0.25, 0.3) is 0 Å². The van der Waals surface area contributed by atoms with E-state index in [0.717, 1.165) is 23.7 Å². The van der Waals surface area contributed by atoms with E-state index in [1.807, 2.05) is 0 Å². The monoisotopic (exact) mass is 371 g/mol. The Bertz CT molecular complexity index is 564. The molecule has 0 unspecified atom stereocenters. The van der Waals surface area contributed by atoms with Gasteiger partial charge in [0.15, 0.2) is 0 Å². The minimum absolute atomic E-state index is 0.183. The lowest BCUT2D eigenvalue weighted by Gasteiger charge is -2.63. The predicted molar refractivity (Wildman–Crippen MR) is 102 cm³/mol. The molecule has 4 amide bonds. The standard InChI is InChI=1S/C22H33N3O2/c23-21(26)24-22(27)25(19-15-3-11-1-12(5-15)6-16(19)4-11)20-17-7-13-2-14(9-17)10-18(20)8-13/h11-20H,1-10H2,(H3,23,24,26,27). The van der Waals surface area contributed by atoms with Gasteiger partial charge in [-0.25, -0.2) is 9.59 Å². The van der Waals surface area contributed by atoms with Crippen LogP contribution in [-0.2, 0) is 0 Å². The van der Waals surface area contributed by atoms with Crippen LogP contribution in [0, 0.1) is 47.3 Å². The van der Waals surface area contributed by atoms with Gasteiger partial charge in [0.05, 0.1) is 0 Å². The maximum Gasteiger partial charge on any atom is 0.326 e. The molecule has 8 fully saturated rings. The van der Waals surface area contributed by atoms with Crippen molar-refractivity contribution >= 4 is 12.1 Å². The number of nitrogens with zero attached hydrogens (tertiary/aromatic N) is 1. The summed E-state index contributed by atoms with van der Waals surface area (Å²) in [4.78, 5) is 27.1. The van der Waals surface area contributed by atoms with Gasteiger partial charge in [0, 0.05) is 12.1 Å². The Kier molecular flexibility index (Phi) is 3.62. The molecule has 0 radical (unpaired) electrons. The number of hydrogen-bond acceptors (Lipinski definition) is 2. The Balaban J connectivity index is 1.35.